The summed E-state index contributed by atoms with van der Waals surface area (Å²) >= 11 is 2.86. The lowest BCUT2D eigenvalue weighted by molar-refractivity contribution is -0.128. The molecule has 0 aliphatic carbocycles. The Hall–Kier alpha value is -1.08. The number of nitrogens with zero attached hydrogens (tertiary/aromatic N) is 2. The van der Waals surface area contributed by atoms with Gasteiger partial charge in [-0.25, -0.2) is 9.78 Å². The van der Waals surface area contributed by atoms with Crippen LogP contribution in [0.25, 0.3) is 0 Å². The molecular weight excluding hydrogens is 296 g/mol. The van der Waals surface area contributed by atoms with E-state index in [1.807, 2.05) is 4.90 Å². The molecule has 20 heavy (non-hydrogen) atoms. The van der Waals surface area contributed by atoms with E-state index >= 15 is 0 Å². The van der Waals surface area contributed by atoms with Crippen LogP contribution in [-0.4, -0.2) is 45.2 Å². The summed E-state index contributed by atoms with van der Waals surface area (Å²) in [5.74, 6) is 0.0127. The number of carboxylic acid groups (broad SMARTS) is 1. The number of thiazole rings is 1. The molecule has 1 aliphatic heterocycles. The van der Waals surface area contributed by atoms with Gasteiger partial charge in [-0.3, -0.25) is 4.79 Å². The highest BCUT2D eigenvalue weighted by Crippen LogP contribution is 2.26. The molecule has 1 saturated heterocycles. The molecule has 0 bridgehead atoms. The first kappa shape index (κ1) is 15.3. The van der Waals surface area contributed by atoms with Crippen molar-refractivity contribution in [3.8, 4) is 0 Å². The molecule has 1 fully saturated rings. The highest BCUT2D eigenvalue weighted by atomic mass is 32.2. The Morgan fingerprint density at radius 2 is 2.45 bits per heavy atom. The number of carboxylic acids is 1. The minimum absolute atomic E-state index is 0.0959. The van der Waals surface area contributed by atoms with Crippen LogP contribution in [0.4, 0.5) is 0 Å². The Bertz CT molecular complexity index is 490. The van der Waals surface area contributed by atoms with Crippen LogP contribution in [-0.2, 0) is 4.79 Å². The average molecular weight is 314 g/mol. The molecule has 0 radical (unpaired) electrons. The van der Waals surface area contributed by atoms with E-state index in [4.69, 9.17) is 5.11 Å². The van der Waals surface area contributed by atoms with Crippen molar-refractivity contribution >= 4 is 35.0 Å². The van der Waals surface area contributed by atoms with E-state index < -0.39 is 5.97 Å². The maximum Gasteiger partial charge on any atom is 0.355 e. The SMILES string of the molecule is CCCC1CCC(=O)N1CCSc1nc(C(=O)O)cs1. The van der Waals surface area contributed by atoms with Gasteiger partial charge in [-0.05, 0) is 12.8 Å². The number of thioether (sulfide) groups is 1. The molecular formula is C13H18N2O3S2. The smallest absolute Gasteiger partial charge is 0.355 e. The molecule has 1 aromatic heterocycles. The van der Waals surface area contributed by atoms with Crippen LogP contribution in [0.2, 0.25) is 0 Å². The van der Waals surface area contributed by atoms with Gasteiger partial charge in [-0.1, -0.05) is 25.1 Å². The molecule has 110 valence electrons. The van der Waals surface area contributed by atoms with Gasteiger partial charge < -0.3 is 10.0 Å². The maximum absolute atomic E-state index is 11.8. The molecule has 7 heteroatoms. The first-order valence-electron chi connectivity index (χ1n) is 6.73. The summed E-state index contributed by atoms with van der Waals surface area (Å²) in [6, 6.07) is 0.388. The Balaban J connectivity index is 1.82. The molecule has 2 rings (SSSR count). The molecule has 5 nitrogen and oxygen atoms in total. The van der Waals surface area contributed by atoms with Gasteiger partial charge in [0, 0.05) is 30.1 Å². The van der Waals surface area contributed by atoms with Crippen molar-refractivity contribution in [3.05, 3.63) is 11.1 Å². The standard InChI is InChI=1S/C13H18N2O3S2/c1-2-3-9-4-5-11(16)15(9)6-7-19-13-14-10(8-20-13)12(17)18/h8-9H,2-7H2,1H3,(H,17,18). The second kappa shape index (κ2) is 7.08. The van der Waals surface area contributed by atoms with Crippen molar-refractivity contribution in [2.75, 3.05) is 12.3 Å². The van der Waals surface area contributed by atoms with Crippen LogP contribution < -0.4 is 0 Å². The van der Waals surface area contributed by atoms with Crippen LogP contribution in [0.5, 0.6) is 0 Å². The van der Waals surface area contributed by atoms with Crippen molar-refractivity contribution < 1.29 is 14.7 Å². The highest BCUT2D eigenvalue weighted by molar-refractivity contribution is 8.01. The third-order valence-corrected chi connectivity index (χ3v) is 5.34. The van der Waals surface area contributed by atoms with Crippen molar-refractivity contribution in [2.24, 2.45) is 0 Å². The van der Waals surface area contributed by atoms with Gasteiger partial charge in [0.05, 0.1) is 0 Å². The number of amides is 1. The summed E-state index contributed by atoms with van der Waals surface area (Å²) in [5, 5.41) is 10.4. The van der Waals surface area contributed by atoms with Crippen molar-refractivity contribution in [1.29, 1.82) is 0 Å². The highest BCUT2D eigenvalue weighted by Gasteiger charge is 2.29. The van der Waals surface area contributed by atoms with Gasteiger partial charge in [-0.2, -0.15) is 0 Å². The number of aromatic carboxylic acids is 1. The molecule has 0 spiro atoms. The first-order chi connectivity index (χ1) is 9.61. The van der Waals surface area contributed by atoms with Gasteiger partial charge in [0.15, 0.2) is 10.0 Å². The predicted octanol–water partition coefficient (Wildman–Crippen LogP) is 2.72. The molecule has 2 heterocycles. The quantitative estimate of drug-likeness (QED) is 0.784. The molecule has 1 amide bonds. The predicted molar refractivity (Wildman–Crippen MR) is 79.4 cm³/mol. The van der Waals surface area contributed by atoms with Gasteiger partial charge in [-0.15, -0.1) is 11.3 Å². The van der Waals surface area contributed by atoms with E-state index in [-0.39, 0.29) is 11.6 Å². The summed E-state index contributed by atoms with van der Waals surface area (Å²) in [6.45, 7) is 2.86. The number of carbonyl (C=O) groups is 2. The number of carbonyl (C=O) groups excluding carboxylic acids is 1. The fourth-order valence-corrected chi connectivity index (χ4v) is 4.20. The summed E-state index contributed by atoms with van der Waals surface area (Å²) in [6.07, 6.45) is 3.79. The number of aromatic nitrogens is 1. The van der Waals surface area contributed by atoms with E-state index in [1.165, 1.54) is 23.1 Å². The lowest BCUT2D eigenvalue weighted by Gasteiger charge is -2.24. The van der Waals surface area contributed by atoms with Crippen LogP contribution in [0, 0.1) is 0 Å². The maximum atomic E-state index is 11.8. The van der Waals surface area contributed by atoms with E-state index in [9.17, 15) is 9.59 Å². The first-order valence-corrected chi connectivity index (χ1v) is 8.59. The second-order valence-electron chi connectivity index (χ2n) is 4.72. The molecule has 1 aromatic rings. The topological polar surface area (TPSA) is 70.5 Å². The fraction of sp³-hybridized carbons (Fsp3) is 0.615. The van der Waals surface area contributed by atoms with Crippen LogP contribution >= 0.6 is 23.1 Å². The zero-order valence-corrected chi connectivity index (χ0v) is 13.0. The molecule has 1 atom stereocenters. The van der Waals surface area contributed by atoms with Crippen LogP contribution in [0.3, 0.4) is 0 Å². The summed E-state index contributed by atoms with van der Waals surface area (Å²) in [7, 11) is 0. The molecule has 0 aromatic carbocycles. The van der Waals surface area contributed by atoms with Crippen LogP contribution in [0.15, 0.2) is 9.72 Å². The van der Waals surface area contributed by atoms with Gasteiger partial charge in [0.1, 0.15) is 0 Å². The lowest BCUT2D eigenvalue weighted by atomic mass is 10.1. The zero-order chi connectivity index (χ0) is 14.5. The second-order valence-corrected chi connectivity index (χ2v) is 6.92. The van der Waals surface area contributed by atoms with Crippen molar-refractivity contribution in [1.82, 2.24) is 9.88 Å². The van der Waals surface area contributed by atoms with E-state index in [0.29, 0.717) is 12.5 Å². The Labute approximate surface area is 126 Å². The van der Waals surface area contributed by atoms with E-state index in [1.54, 1.807) is 5.38 Å². The van der Waals surface area contributed by atoms with E-state index in [0.717, 1.165) is 35.9 Å². The number of likely N-dealkylation sites (tertiary alicyclic amines) is 1. The fourth-order valence-electron chi connectivity index (χ4n) is 2.39. The van der Waals surface area contributed by atoms with Crippen molar-refractivity contribution in [2.45, 2.75) is 43.0 Å². The third-order valence-electron chi connectivity index (χ3n) is 3.33. The third kappa shape index (κ3) is 3.73. The molecule has 1 N–H and O–H groups in total. The zero-order valence-electron chi connectivity index (χ0n) is 11.4. The minimum Gasteiger partial charge on any atom is -0.476 e. The average Bonchev–Trinajstić information content (AvgIpc) is 3.00. The number of rotatable bonds is 7. The molecule has 0 saturated carbocycles. The minimum atomic E-state index is -0.995. The summed E-state index contributed by atoms with van der Waals surface area (Å²) in [5.41, 5.74) is 0.0959. The summed E-state index contributed by atoms with van der Waals surface area (Å²) < 4.78 is 0.751. The Morgan fingerprint density at radius 1 is 1.65 bits per heavy atom. The van der Waals surface area contributed by atoms with Crippen molar-refractivity contribution in [3.63, 3.8) is 0 Å². The normalized spacial score (nSPS) is 18.8. The van der Waals surface area contributed by atoms with Gasteiger partial charge in [0.25, 0.3) is 0 Å². The number of hydrogen-bond acceptors (Lipinski definition) is 5. The monoisotopic (exact) mass is 314 g/mol. The Kier molecular flexibility index (Phi) is 5.42. The van der Waals surface area contributed by atoms with E-state index in [2.05, 4.69) is 11.9 Å². The molecule has 1 unspecified atom stereocenters. The largest absolute Gasteiger partial charge is 0.476 e. The van der Waals surface area contributed by atoms with Crippen LogP contribution in [0.1, 0.15) is 43.1 Å². The summed E-state index contributed by atoms with van der Waals surface area (Å²) in [4.78, 5) is 28.6. The van der Waals surface area contributed by atoms with Gasteiger partial charge >= 0.3 is 5.97 Å². The Morgan fingerprint density at radius 3 is 3.10 bits per heavy atom. The van der Waals surface area contributed by atoms with Gasteiger partial charge in [0.2, 0.25) is 5.91 Å². The lowest BCUT2D eigenvalue weighted by Crippen LogP contribution is -2.34. The number of hydrogen-bond donors (Lipinski definition) is 1. The molecule has 1 aliphatic rings.